The van der Waals surface area contributed by atoms with Crippen LogP contribution in [0.2, 0.25) is 10.0 Å². The highest BCUT2D eigenvalue weighted by Crippen LogP contribution is 2.53. The molecule has 3 aliphatic heterocycles. The first kappa shape index (κ1) is 26.3. The fourth-order valence-corrected chi connectivity index (χ4v) is 7.16. The van der Waals surface area contributed by atoms with Gasteiger partial charge in [-0.15, -0.1) is 0 Å². The van der Waals surface area contributed by atoms with Gasteiger partial charge in [0.15, 0.2) is 0 Å². The number of rotatable bonds is 14. The van der Waals surface area contributed by atoms with Gasteiger partial charge >= 0.3 is 5.97 Å². The second-order valence-corrected chi connectivity index (χ2v) is 11.7. The van der Waals surface area contributed by atoms with Crippen LogP contribution < -0.4 is 0 Å². The molecule has 3 saturated heterocycles. The Hall–Kier alpha value is -0.770. The molecule has 3 aliphatic rings. The number of hydrogen-bond acceptors (Lipinski definition) is 3. The van der Waals surface area contributed by atoms with E-state index >= 15 is 0 Å². The number of carbonyl (C=O) groups excluding carboxylic acids is 1. The number of benzene rings is 1. The molecule has 0 spiro atoms. The third-order valence-corrected chi connectivity index (χ3v) is 9.32. The zero-order chi connectivity index (χ0) is 23.9. The minimum atomic E-state index is -0.00145. The Kier molecular flexibility index (Phi) is 10.0. The Morgan fingerprint density at radius 3 is 2.29 bits per heavy atom. The Balaban J connectivity index is 1.19. The zero-order valence-corrected chi connectivity index (χ0v) is 22.5. The van der Waals surface area contributed by atoms with Crippen LogP contribution >= 0.6 is 23.2 Å². The molecule has 0 radical (unpaired) electrons. The van der Waals surface area contributed by atoms with Crippen LogP contribution in [-0.4, -0.2) is 35.6 Å². The summed E-state index contributed by atoms with van der Waals surface area (Å²) in [7, 11) is 0. The van der Waals surface area contributed by atoms with Crippen LogP contribution in [0.3, 0.4) is 0 Å². The number of halogens is 2. The molecule has 6 unspecified atom stereocenters. The van der Waals surface area contributed by atoms with E-state index in [-0.39, 0.29) is 12.1 Å². The highest BCUT2D eigenvalue weighted by molar-refractivity contribution is 6.42. The summed E-state index contributed by atoms with van der Waals surface area (Å²) in [5.74, 6) is 0.765. The summed E-state index contributed by atoms with van der Waals surface area (Å²) in [4.78, 5) is 15.3. The van der Waals surface area contributed by atoms with Crippen molar-refractivity contribution in [3.05, 3.63) is 33.8 Å². The fourth-order valence-electron chi connectivity index (χ4n) is 6.85. The standard InChI is InChI=1S/C29H43Cl2NO2/c1-2-3-4-5-6-7-8-9-10-11-12-13-28(33)34-27-20-32-22-15-17-26(32)29(27)23(19-22)21-14-16-24(30)25(31)18-21/h14,16,18,22-23,26-27,29H,2-13,15,17,19-20H2,1H3. The molecule has 0 aromatic heterocycles. The van der Waals surface area contributed by atoms with Gasteiger partial charge in [0, 0.05) is 31.0 Å². The van der Waals surface area contributed by atoms with Gasteiger partial charge in [0.25, 0.3) is 0 Å². The molecular weight excluding hydrogens is 465 g/mol. The van der Waals surface area contributed by atoms with Gasteiger partial charge in [-0.1, -0.05) is 100 Å². The molecule has 0 saturated carbocycles. The van der Waals surface area contributed by atoms with Gasteiger partial charge < -0.3 is 4.74 Å². The summed E-state index contributed by atoms with van der Waals surface area (Å²) < 4.78 is 6.14. The second kappa shape index (κ2) is 13.0. The Bertz CT molecular complexity index is 800. The average molecular weight is 509 g/mol. The third kappa shape index (κ3) is 6.51. The van der Waals surface area contributed by atoms with Crippen molar-refractivity contribution in [3.63, 3.8) is 0 Å². The van der Waals surface area contributed by atoms with Crippen LogP contribution in [0.25, 0.3) is 0 Å². The van der Waals surface area contributed by atoms with E-state index in [1.807, 2.05) is 12.1 Å². The summed E-state index contributed by atoms with van der Waals surface area (Å²) in [5.41, 5.74) is 1.25. The van der Waals surface area contributed by atoms with Crippen molar-refractivity contribution >= 4 is 29.2 Å². The molecule has 0 aliphatic carbocycles. The number of esters is 1. The van der Waals surface area contributed by atoms with Crippen LogP contribution in [-0.2, 0) is 9.53 Å². The van der Waals surface area contributed by atoms with E-state index in [1.54, 1.807) is 0 Å². The van der Waals surface area contributed by atoms with Gasteiger partial charge in [-0.25, -0.2) is 0 Å². The molecule has 3 fully saturated rings. The van der Waals surface area contributed by atoms with Gasteiger partial charge in [-0.2, -0.15) is 0 Å². The number of hydrogen-bond donors (Lipinski definition) is 0. The van der Waals surface area contributed by atoms with E-state index in [0.29, 0.717) is 40.4 Å². The maximum Gasteiger partial charge on any atom is 0.306 e. The molecule has 3 nitrogen and oxygen atoms in total. The van der Waals surface area contributed by atoms with E-state index < -0.39 is 0 Å². The van der Waals surface area contributed by atoms with Crippen LogP contribution in [0.15, 0.2) is 18.2 Å². The van der Waals surface area contributed by atoms with Gasteiger partial charge in [-0.3, -0.25) is 9.69 Å². The highest BCUT2D eigenvalue weighted by Gasteiger charge is 2.56. The quantitative estimate of drug-likeness (QED) is 0.186. The van der Waals surface area contributed by atoms with Crippen molar-refractivity contribution in [2.45, 2.75) is 127 Å². The normalized spacial score (nSPS) is 29.5. The van der Waals surface area contributed by atoms with Crippen molar-refractivity contribution in [1.29, 1.82) is 0 Å². The minimum Gasteiger partial charge on any atom is -0.461 e. The monoisotopic (exact) mass is 507 g/mol. The first-order valence-electron chi connectivity index (χ1n) is 14.0. The first-order valence-corrected chi connectivity index (χ1v) is 14.7. The lowest BCUT2D eigenvalue weighted by molar-refractivity contribution is -0.150. The maximum atomic E-state index is 12.7. The topological polar surface area (TPSA) is 29.5 Å². The van der Waals surface area contributed by atoms with Crippen molar-refractivity contribution < 1.29 is 9.53 Å². The Labute approximate surface area is 216 Å². The molecule has 4 rings (SSSR count). The lowest BCUT2D eigenvalue weighted by Gasteiger charge is -2.37. The van der Waals surface area contributed by atoms with Gasteiger partial charge in [0.2, 0.25) is 0 Å². The molecule has 34 heavy (non-hydrogen) atoms. The summed E-state index contributed by atoms with van der Waals surface area (Å²) in [5, 5.41) is 1.23. The van der Waals surface area contributed by atoms with E-state index in [1.165, 1.54) is 76.2 Å². The van der Waals surface area contributed by atoms with Gasteiger partial charge in [0.05, 0.1) is 10.0 Å². The first-order chi connectivity index (χ1) is 16.6. The van der Waals surface area contributed by atoms with Gasteiger partial charge in [0.1, 0.15) is 6.10 Å². The average Bonchev–Trinajstić information content (AvgIpc) is 3.23. The van der Waals surface area contributed by atoms with Crippen LogP contribution in [0.4, 0.5) is 0 Å². The second-order valence-electron chi connectivity index (χ2n) is 10.9. The molecule has 5 heteroatoms. The smallest absolute Gasteiger partial charge is 0.306 e. The molecule has 3 heterocycles. The minimum absolute atomic E-state index is 0.00145. The van der Waals surface area contributed by atoms with Gasteiger partial charge in [-0.05, 0) is 49.3 Å². The van der Waals surface area contributed by atoms with Crippen molar-refractivity contribution in [3.8, 4) is 0 Å². The lowest BCUT2D eigenvalue weighted by atomic mass is 9.76. The highest BCUT2D eigenvalue weighted by atomic mass is 35.5. The predicted octanol–water partition coefficient (Wildman–Crippen LogP) is 8.56. The zero-order valence-electron chi connectivity index (χ0n) is 21.0. The molecule has 1 aromatic rings. The number of unbranched alkanes of at least 4 members (excludes halogenated alkanes) is 10. The molecular formula is C29H43Cl2NO2. The fraction of sp³-hybridized carbons (Fsp3) is 0.759. The van der Waals surface area contributed by atoms with Crippen LogP contribution in [0.1, 0.15) is 115 Å². The van der Waals surface area contributed by atoms with Crippen LogP contribution in [0, 0.1) is 5.92 Å². The van der Waals surface area contributed by atoms with E-state index in [0.717, 1.165) is 25.8 Å². The lowest BCUT2D eigenvalue weighted by Crippen LogP contribution is -2.41. The molecule has 1 aromatic carbocycles. The summed E-state index contributed by atoms with van der Waals surface area (Å²) in [6, 6.07) is 7.22. The number of piperidine rings is 1. The summed E-state index contributed by atoms with van der Waals surface area (Å²) >= 11 is 12.5. The van der Waals surface area contributed by atoms with Crippen molar-refractivity contribution in [2.24, 2.45) is 5.92 Å². The molecule has 0 amide bonds. The summed E-state index contributed by atoms with van der Waals surface area (Å²) in [6.07, 6.45) is 18.4. The SMILES string of the molecule is CCCCCCCCCCCCCC(=O)OC1CN2C3CCC2C1C(c1ccc(Cl)c(Cl)c1)C3. The molecule has 6 atom stereocenters. The van der Waals surface area contributed by atoms with Crippen molar-refractivity contribution in [1.82, 2.24) is 4.90 Å². The van der Waals surface area contributed by atoms with E-state index in [9.17, 15) is 4.79 Å². The van der Waals surface area contributed by atoms with Crippen molar-refractivity contribution in [2.75, 3.05) is 6.54 Å². The number of ether oxygens (including phenoxy) is 1. The Morgan fingerprint density at radius 2 is 1.62 bits per heavy atom. The largest absolute Gasteiger partial charge is 0.461 e. The van der Waals surface area contributed by atoms with E-state index in [4.69, 9.17) is 27.9 Å². The number of nitrogens with zero attached hydrogens (tertiary/aromatic N) is 1. The molecule has 190 valence electrons. The van der Waals surface area contributed by atoms with Crippen LogP contribution in [0.5, 0.6) is 0 Å². The Morgan fingerprint density at radius 1 is 0.941 bits per heavy atom. The maximum absolute atomic E-state index is 12.7. The predicted molar refractivity (Wildman–Crippen MR) is 142 cm³/mol. The molecule has 0 N–H and O–H groups in total. The van der Waals surface area contributed by atoms with E-state index in [2.05, 4.69) is 17.9 Å². The molecule has 4 bridgehead atoms. The summed E-state index contributed by atoms with van der Waals surface area (Å²) in [6.45, 7) is 3.17. The third-order valence-electron chi connectivity index (χ3n) is 8.58. The number of carbonyl (C=O) groups is 1.